The molecule has 2 aliphatic rings. The highest BCUT2D eigenvalue weighted by atomic mass is 16.7. The van der Waals surface area contributed by atoms with E-state index >= 15 is 0 Å². The van der Waals surface area contributed by atoms with Gasteiger partial charge in [0.25, 0.3) is 0 Å². The Bertz CT molecular complexity index is 870. The van der Waals surface area contributed by atoms with Gasteiger partial charge in [0, 0.05) is 55.7 Å². The minimum absolute atomic E-state index is 0.112. The average molecular weight is 388 g/mol. The van der Waals surface area contributed by atoms with Gasteiger partial charge >= 0.3 is 0 Å². The van der Waals surface area contributed by atoms with E-state index in [1.807, 2.05) is 31.2 Å². The number of ether oxygens (including phenoxy) is 7. The van der Waals surface area contributed by atoms with Crippen molar-refractivity contribution >= 4 is 0 Å². The second kappa shape index (κ2) is 6.98. The van der Waals surface area contributed by atoms with Crippen molar-refractivity contribution < 1.29 is 33.2 Å². The molecule has 0 amide bonds. The molecule has 0 aromatic heterocycles. The van der Waals surface area contributed by atoms with Crippen molar-refractivity contribution in [2.24, 2.45) is 0 Å². The molecule has 2 aromatic carbocycles. The van der Waals surface area contributed by atoms with E-state index in [-0.39, 0.29) is 12.7 Å². The zero-order valence-electron chi connectivity index (χ0n) is 16.7. The van der Waals surface area contributed by atoms with Crippen molar-refractivity contribution in [3.63, 3.8) is 0 Å². The lowest BCUT2D eigenvalue weighted by atomic mass is 9.82. The molecule has 0 saturated heterocycles. The largest absolute Gasteiger partial charge is 0.496 e. The van der Waals surface area contributed by atoms with Gasteiger partial charge in [0.15, 0.2) is 11.5 Å². The molecule has 0 bridgehead atoms. The van der Waals surface area contributed by atoms with Crippen LogP contribution in [0.1, 0.15) is 30.4 Å². The van der Waals surface area contributed by atoms with Crippen LogP contribution in [0.25, 0.3) is 0 Å². The molecule has 150 valence electrons. The van der Waals surface area contributed by atoms with Crippen molar-refractivity contribution in [3.8, 4) is 34.5 Å². The first kappa shape index (κ1) is 18.6. The average Bonchev–Trinajstić information content (AvgIpc) is 3.17. The van der Waals surface area contributed by atoms with Gasteiger partial charge in [-0.1, -0.05) is 0 Å². The van der Waals surface area contributed by atoms with Gasteiger partial charge in [-0.15, -0.1) is 0 Å². The summed E-state index contributed by atoms with van der Waals surface area (Å²) < 4.78 is 39.8. The van der Waals surface area contributed by atoms with Gasteiger partial charge in [-0.25, -0.2) is 0 Å². The summed E-state index contributed by atoms with van der Waals surface area (Å²) in [6.07, 6.45) is 0.565. The van der Waals surface area contributed by atoms with Gasteiger partial charge in [-0.05, 0) is 6.07 Å². The molecule has 0 fully saturated rings. The fraction of sp³-hybridized carbons (Fsp3) is 0.429. The van der Waals surface area contributed by atoms with Crippen LogP contribution in [0.2, 0.25) is 0 Å². The number of rotatable bonds is 5. The lowest BCUT2D eigenvalue weighted by Crippen LogP contribution is -2.40. The smallest absolute Gasteiger partial charge is 0.231 e. The number of benzene rings is 2. The molecular weight excluding hydrogens is 364 g/mol. The summed E-state index contributed by atoms with van der Waals surface area (Å²) in [5.74, 6) is 3.11. The number of hydrogen-bond donors (Lipinski definition) is 0. The lowest BCUT2D eigenvalue weighted by Gasteiger charge is -2.39. The maximum Gasteiger partial charge on any atom is 0.231 e. The molecule has 2 aliphatic heterocycles. The van der Waals surface area contributed by atoms with Crippen molar-refractivity contribution in [2.45, 2.75) is 25.0 Å². The monoisotopic (exact) mass is 388 g/mol. The highest BCUT2D eigenvalue weighted by molar-refractivity contribution is 5.61. The van der Waals surface area contributed by atoms with Crippen LogP contribution in [-0.2, 0) is 4.74 Å². The normalized spacial score (nSPS) is 22.2. The molecule has 28 heavy (non-hydrogen) atoms. The zero-order valence-corrected chi connectivity index (χ0v) is 16.7. The van der Waals surface area contributed by atoms with E-state index in [9.17, 15) is 0 Å². The second-order valence-electron chi connectivity index (χ2n) is 6.89. The minimum atomic E-state index is -0.818. The fourth-order valence-electron chi connectivity index (χ4n) is 3.81. The van der Waals surface area contributed by atoms with Gasteiger partial charge in [-0.3, -0.25) is 0 Å². The third kappa shape index (κ3) is 2.96. The Labute approximate surface area is 164 Å². The highest BCUT2D eigenvalue weighted by Gasteiger charge is 2.42. The molecule has 0 saturated carbocycles. The topological polar surface area (TPSA) is 64.6 Å². The van der Waals surface area contributed by atoms with Gasteiger partial charge in [-0.2, -0.15) is 0 Å². The Kier molecular flexibility index (Phi) is 4.63. The Balaban J connectivity index is 1.93. The number of hydrogen-bond acceptors (Lipinski definition) is 7. The number of methoxy groups -OCH3 is 4. The molecule has 0 radical (unpaired) electrons. The zero-order chi connectivity index (χ0) is 19.9. The maximum absolute atomic E-state index is 6.17. The van der Waals surface area contributed by atoms with Gasteiger partial charge in [0.1, 0.15) is 23.0 Å². The van der Waals surface area contributed by atoms with Crippen LogP contribution >= 0.6 is 0 Å². The lowest BCUT2D eigenvalue weighted by molar-refractivity contribution is -0.163. The van der Waals surface area contributed by atoms with Crippen LogP contribution in [0, 0.1) is 0 Å². The number of fused-ring (bicyclic) bond motifs is 2. The summed E-state index contributed by atoms with van der Waals surface area (Å²) in [6.45, 7) is 2.11. The fourth-order valence-corrected chi connectivity index (χ4v) is 3.81. The molecule has 7 nitrogen and oxygen atoms in total. The molecule has 7 heteroatoms. The summed E-state index contributed by atoms with van der Waals surface area (Å²) in [6, 6.07) is 7.51. The van der Waals surface area contributed by atoms with E-state index in [2.05, 4.69) is 0 Å². The van der Waals surface area contributed by atoms with Crippen molar-refractivity contribution in [1.82, 2.24) is 0 Å². The van der Waals surface area contributed by atoms with E-state index < -0.39 is 5.79 Å². The quantitative estimate of drug-likeness (QED) is 0.773. The van der Waals surface area contributed by atoms with Crippen molar-refractivity contribution in [1.29, 1.82) is 0 Å². The molecule has 0 unspecified atom stereocenters. The van der Waals surface area contributed by atoms with E-state index in [0.29, 0.717) is 40.9 Å². The molecule has 0 aliphatic carbocycles. The molecule has 2 heterocycles. The maximum atomic E-state index is 6.17. The highest BCUT2D eigenvalue weighted by Crippen LogP contribution is 2.53. The van der Waals surface area contributed by atoms with Crippen LogP contribution in [0.5, 0.6) is 34.5 Å². The summed E-state index contributed by atoms with van der Waals surface area (Å²) >= 11 is 0. The summed E-state index contributed by atoms with van der Waals surface area (Å²) in [7, 11) is 6.51. The predicted molar refractivity (Wildman–Crippen MR) is 101 cm³/mol. The Morgan fingerprint density at radius 1 is 0.857 bits per heavy atom. The van der Waals surface area contributed by atoms with Crippen LogP contribution in [-0.4, -0.2) is 41.0 Å². The van der Waals surface area contributed by atoms with Gasteiger partial charge < -0.3 is 33.2 Å². The third-order valence-electron chi connectivity index (χ3n) is 5.31. The summed E-state index contributed by atoms with van der Waals surface area (Å²) in [5, 5.41) is 0. The predicted octanol–water partition coefficient (Wildman–Crippen LogP) is 3.72. The van der Waals surface area contributed by atoms with E-state index in [0.717, 1.165) is 11.1 Å². The summed E-state index contributed by atoms with van der Waals surface area (Å²) in [4.78, 5) is 0. The first-order chi connectivity index (χ1) is 13.5. The second-order valence-corrected chi connectivity index (χ2v) is 6.89. The first-order valence-electron chi connectivity index (χ1n) is 8.99. The van der Waals surface area contributed by atoms with Crippen molar-refractivity contribution in [3.05, 3.63) is 35.4 Å². The van der Waals surface area contributed by atoms with E-state index in [1.165, 1.54) is 0 Å². The molecule has 4 rings (SSSR count). The Hall–Kier alpha value is -2.80. The molecule has 2 aromatic rings. The molecular formula is C21H24O7. The Morgan fingerprint density at radius 3 is 2.07 bits per heavy atom. The van der Waals surface area contributed by atoms with Crippen LogP contribution < -0.4 is 28.4 Å². The molecule has 0 spiro atoms. The minimum Gasteiger partial charge on any atom is -0.496 e. The van der Waals surface area contributed by atoms with Crippen LogP contribution in [0.4, 0.5) is 0 Å². The standard InChI is InChI=1S/C21H24O7/c1-21(25-5)10-14(13-8-16-17(27-11-26-16)9-15(13)28-21)20-18(23-3)6-12(22-2)7-19(20)24-4/h6-9,14H,10-11H2,1-5H3/t14-,21-/m1/s1. The molecule has 2 atom stereocenters. The SMILES string of the molecule is COc1cc(OC)c([C@@H]2C[C@](C)(OC)Oc3cc4c(cc32)OCO4)c(OC)c1. The van der Waals surface area contributed by atoms with Gasteiger partial charge in [0.05, 0.1) is 21.3 Å². The first-order valence-corrected chi connectivity index (χ1v) is 8.99. The van der Waals surface area contributed by atoms with Crippen LogP contribution in [0.3, 0.4) is 0 Å². The van der Waals surface area contributed by atoms with Gasteiger partial charge in [0.2, 0.25) is 12.6 Å². The third-order valence-corrected chi connectivity index (χ3v) is 5.31. The van der Waals surface area contributed by atoms with E-state index in [1.54, 1.807) is 28.4 Å². The Morgan fingerprint density at radius 2 is 1.50 bits per heavy atom. The summed E-state index contributed by atoms with van der Waals surface area (Å²) in [5.41, 5.74) is 1.86. The van der Waals surface area contributed by atoms with Crippen LogP contribution in [0.15, 0.2) is 24.3 Å². The van der Waals surface area contributed by atoms with Crippen molar-refractivity contribution in [2.75, 3.05) is 35.2 Å². The molecule has 0 N–H and O–H groups in total. The van der Waals surface area contributed by atoms with E-state index in [4.69, 9.17) is 33.2 Å².